The Morgan fingerprint density at radius 3 is 2.31 bits per heavy atom. The first-order valence-corrected chi connectivity index (χ1v) is 9.70. The lowest BCUT2D eigenvalue weighted by molar-refractivity contribution is -0.131. The van der Waals surface area contributed by atoms with Gasteiger partial charge in [0, 0.05) is 44.8 Å². The van der Waals surface area contributed by atoms with Gasteiger partial charge in [0.2, 0.25) is 5.91 Å². The number of hydrogen-bond acceptors (Lipinski definition) is 6. The topological polar surface area (TPSA) is 71.1 Å². The van der Waals surface area contributed by atoms with Crippen molar-refractivity contribution in [2.45, 2.75) is 6.42 Å². The first-order chi connectivity index (χ1) is 14.1. The van der Waals surface area contributed by atoms with Crippen molar-refractivity contribution >= 4 is 23.3 Å². The first kappa shape index (κ1) is 20.5. The third-order valence-electron chi connectivity index (χ3n) is 5.03. The second kappa shape index (κ2) is 9.82. The number of rotatable bonds is 7. The van der Waals surface area contributed by atoms with Crippen LogP contribution in [-0.4, -0.2) is 63.7 Å². The number of methoxy groups -OCH3 is 2. The molecular formula is C22H27N3O4. The summed E-state index contributed by atoms with van der Waals surface area (Å²) in [4.78, 5) is 28.1. The average Bonchev–Trinajstić information content (AvgIpc) is 2.79. The molecular weight excluding hydrogens is 370 g/mol. The molecule has 29 heavy (non-hydrogen) atoms. The van der Waals surface area contributed by atoms with E-state index in [1.54, 1.807) is 19.2 Å². The monoisotopic (exact) mass is 397 g/mol. The highest BCUT2D eigenvalue weighted by atomic mass is 16.5. The van der Waals surface area contributed by atoms with E-state index in [1.807, 2.05) is 41.3 Å². The number of carbonyl (C=O) groups is 2. The number of ether oxygens (including phenoxy) is 2. The van der Waals surface area contributed by atoms with Crippen LogP contribution in [0.4, 0.5) is 11.4 Å². The molecule has 0 aromatic heterocycles. The van der Waals surface area contributed by atoms with Gasteiger partial charge in [0.25, 0.3) is 0 Å². The standard InChI is InChI=1S/C22H27N3O4/c1-28-20-6-4-3-5-19(20)24-13-15-25(16-14-24)21(26)11-12-23-18-9-7-17(8-10-18)22(27)29-2/h3-10,23H,11-16H2,1-2H3. The van der Waals surface area contributed by atoms with Crippen molar-refractivity contribution in [3.63, 3.8) is 0 Å². The Morgan fingerprint density at radius 2 is 1.66 bits per heavy atom. The quantitative estimate of drug-likeness (QED) is 0.725. The van der Waals surface area contributed by atoms with Crippen LogP contribution >= 0.6 is 0 Å². The summed E-state index contributed by atoms with van der Waals surface area (Å²) in [7, 11) is 3.03. The van der Waals surface area contributed by atoms with E-state index in [0.717, 1.165) is 30.2 Å². The predicted molar refractivity (Wildman–Crippen MR) is 113 cm³/mol. The Labute approximate surface area is 171 Å². The zero-order valence-corrected chi connectivity index (χ0v) is 16.9. The molecule has 7 heteroatoms. The van der Waals surface area contributed by atoms with Gasteiger partial charge in [-0.15, -0.1) is 0 Å². The molecule has 0 radical (unpaired) electrons. The largest absolute Gasteiger partial charge is 0.495 e. The van der Waals surface area contributed by atoms with Gasteiger partial charge in [-0.3, -0.25) is 4.79 Å². The third-order valence-corrected chi connectivity index (χ3v) is 5.03. The number of nitrogens with zero attached hydrogens (tertiary/aromatic N) is 2. The SMILES string of the molecule is COC(=O)c1ccc(NCCC(=O)N2CCN(c3ccccc3OC)CC2)cc1. The number of benzene rings is 2. The average molecular weight is 397 g/mol. The number of esters is 1. The third kappa shape index (κ3) is 5.19. The van der Waals surface area contributed by atoms with Gasteiger partial charge >= 0.3 is 5.97 Å². The minimum absolute atomic E-state index is 0.142. The van der Waals surface area contributed by atoms with Crippen LogP contribution in [0.15, 0.2) is 48.5 Å². The highest BCUT2D eigenvalue weighted by Gasteiger charge is 2.22. The van der Waals surface area contributed by atoms with Crippen molar-refractivity contribution in [3.8, 4) is 5.75 Å². The predicted octanol–water partition coefficient (Wildman–Crippen LogP) is 2.63. The van der Waals surface area contributed by atoms with Gasteiger partial charge in [0.05, 0.1) is 25.5 Å². The van der Waals surface area contributed by atoms with E-state index < -0.39 is 0 Å². The lowest BCUT2D eigenvalue weighted by atomic mass is 10.2. The Balaban J connectivity index is 1.43. The maximum atomic E-state index is 12.5. The molecule has 1 amide bonds. The molecule has 0 atom stereocenters. The van der Waals surface area contributed by atoms with E-state index in [9.17, 15) is 9.59 Å². The highest BCUT2D eigenvalue weighted by Crippen LogP contribution is 2.28. The fourth-order valence-corrected chi connectivity index (χ4v) is 3.40. The van der Waals surface area contributed by atoms with Crippen LogP contribution in [0.1, 0.15) is 16.8 Å². The summed E-state index contributed by atoms with van der Waals surface area (Å²) in [6.07, 6.45) is 0.424. The molecule has 154 valence electrons. The summed E-state index contributed by atoms with van der Waals surface area (Å²) in [6, 6.07) is 15.0. The Bertz CT molecular complexity index is 830. The number of piperazine rings is 1. The molecule has 0 saturated carbocycles. The summed E-state index contributed by atoms with van der Waals surface area (Å²) >= 11 is 0. The smallest absolute Gasteiger partial charge is 0.337 e. The van der Waals surface area contributed by atoms with Gasteiger partial charge in [-0.05, 0) is 36.4 Å². The lowest BCUT2D eigenvalue weighted by Crippen LogP contribution is -2.49. The summed E-state index contributed by atoms with van der Waals surface area (Å²) in [5, 5.41) is 3.22. The van der Waals surface area contributed by atoms with Crippen LogP contribution in [0.2, 0.25) is 0 Å². The van der Waals surface area contributed by atoms with Crippen LogP contribution in [-0.2, 0) is 9.53 Å². The second-order valence-corrected chi connectivity index (χ2v) is 6.79. The zero-order valence-electron chi connectivity index (χ0n) is 16.9. The number of amides is 1. The molecule has 7 nitrogen and oxygen atoms in total. The molecule has 1 fully saturated rings. The summed E-state index contributed by atoms with van der Waals surface area (Å²) in [5.74, 6) is 0.636. The van der Waals surface area contributed by atoms with Crippen molar-refractivity contribution in [2.24, 2.45) is 0 Å². The number of carbonyl (C=O) groups excluding carboxylic acids is 2. The summed E-state index contributed by atoms with van der Waals surface area (Å²) in [6.45, 7) is 3.52. The Kier molecular flexibility index (Phi) is 6.94. The molecule has 3 rings (SSSR count). The van der Waals surface area contributed by atoms with Gasteiger partial charge in [-0.2, -0.15) is 0 Å². The normalized spacial score (nSPS) is 13.7. The van der Waals surface area contributed by atoms with Crippen molar-refractivity contribution in [1.82, 2.24) is 4.90 Å². The van der Waals surface area contributed by atoms with Gasteiger partial charge in [0.15, 0.2) is 0 Å². The number of para-hydroxylation sites is 2. The second-order valence-electron chi connectivity index (χ2n) is 6.79. The number of anilines is 2. The molecule has 0 aliphatic carbocycles. The molecule has 1 aliphatic heterocycles. The van der Waals surface area contributed by atoms with Crippen LogP contribution in [0.25, 0.3) is 0 Å². The van der Waals surface area contributed by atoms with Crippen molar-refractivity contribution in [2.75, 3.05) is 57.2 Å². The van der Waals surface area contributed by atoms with E-state index in [0.29, 0.717) is 31.6 Å². The molecule has 1 aliphatic rings. The molecule has 1 saturated heterocycles. The molecule has 2 aromatic rings. The Hall–Kier alpha value is -3.22. The van der Waals surface area contributed by atoms with Crippen LogP contribution in [0, 0.1) is 0 Å². The molecule has 2 aromatic carbocycles. The molecule has 0 bridgehead atoms. The summed E-state index contributed by atoms with van der Waals surface area (Å²) < 4.78 is 10.1. The van der Waals surface area contributed by atoms with E-state index in [2.05, 4.69) is 15.0 Å². The fraction of sp³-hybridized carbons (Fsp3) is 0.364. The maximum Gasteiger partial charge on any atom is 0.337 e. The van der Waals surface area contributed by atoms with Crippen LogP contribution < -0.4 is 15.0 Å². The van der Waals surface area contributed by atoms with Crippen LogP contribution in [0.5, 0.6) is 5.75 Å². The van der Waals surface area contributed by atoms with E-state index in [-0.39, 0.29) is 11.9 Å². The van der Waals surface area contributed by atoms with Gasteiger partial charge in [-0.1, -0.05) is 12.1 Å². The first-order valence-electron chi connectivity index (χ1n) is 9.70. The van der Waals surface area contributed by atoms with Gasteiger partial charge < -0.3 is 24.6 Å². The molecule has 1 N–H and O–H groups in total. The van der Waals surface area contributed by atoms with Crippen molar-refractivity contribution in [1.29, 1.82) is 0 Å². The van der Waals surface area contributed by atoms with Crippen molar-refractivity contribution in [3.05, 3.63) is 54.1 Å². The molecule has 0 spiro atoms. The molecule has 1 heterocycles. The minimum Gasteiger partial charge on any atom is -0.495 e. The summed E-state index contributed by atoms with van der Waals surface area (Å²) in [5.41, 5.74) is 2.44. The Morgan fingerprint density at radius 1 is 0.966 bits per heavy atom. The molecule has 0 unspecified atom stereocenters. The number of nitrogens with one attached hydrogen (secondary N) is 1. The lowest BCUT2D eigenvalue weighted by Gasteiger charge is -2.36. The van der Waals surface area contributed by atoms with E-state index in [1.165, 1.54) is 7.11 Å². The highest BCUT2D eigenvalue weighted by molar-refractivity contribution is 5.89. The van der Waals surface area contributed by atoms with Gasteiger partial charge in [0.1, 0.15) is 5.75 Å². The fourth-order valence-electron chi connectivity index (χ4n) is 3.40. The van der Waals surface area contributed by atoms with E-state index in [4.69, 9.17) is 4.74 Å². The minimum atomic E-state index is -0.362. The van der Waals surface area contributed by atoms with E-state index >= 15 is 0 Å². The zero-order chi connectivity index (χ0) is 20.6. The maximum absolute atomic E-state index is 12.5. The van der Waals surface area contributed by atoms with Gasteiger partial charge in [-0.25, -0.2) is 4.79 Å². The van der Waals surface area contributed by atoms with Crippen LogP contribution in [0.3, 0.4) is 0 Å². The number of hydrogen-bond donors (Lipinski definition) is 1. The van der Waals surface area contributed by atoms with Crippen molar-refractivity contribution < 1.29 is 19.1 Å².